The van der Waals surface area contributed by atoms with E-state index in [-0.39, 0.29) is 17.8 Å². The summed E-state index contributed by atoms with van der Waals surface area (Å²) < 4.78 is 0. The monoisotopic (exact) mass is 236 g/mol. The van der Waals surface area contributed by atoms with E-state index in [4.69, 9.17) is 17.2 Å². The van der Waals surface area contributed by atoms with Crippen LogP contribution in [0, 0.1) is 0 Å². The van der Waals surface area contributed by atoms with Crippen LogP contribution >= 0.6 is 0 Å². The second kappa shape index (κ2) is 5.50. The molecule has 90 valence electrons. The summed E-state index contributed by atoms with van der Waals surface area (Å²) in [5.74, 6) is 0.103. The molecule has 0 saturated carbocycles. The van der Waals surface area contributed by atoms with Gasteiger partial charge in [-0.1, -0.05) is 0 Å². The summed E-state index contributed by atoms with van der Waals surface area (Å²) in [6, 6.07) is 7.00. The lowest BCUT2D eigenvalue weighted by Crippen LogP contribution is -2.96. The van der Waals surface area contributed by atoms with E-state index in [1.165, 1.54) is 6.92 Å². The van der Waals surface area contributed by atoms with Crippen molar-refractivity contribution in [2.24, 2.45) is 17.2 Å². The van der Waals surface area contributed by atoms with Crippen molar-refractivity contribution in [3.63, 3.8) is 0 Å². The van der Waals surface area contributed by atoms with E-state index in [9.17, 15) is 4.79 Å². The van der Waals surface area contributed by atoms with Gasteiger partial charge in [-0.05, 0) is 24.3 Å². The van der Waals surface area contributed by atoms with Crippen LogP contribution in [0.25, 0.3) is 0 Å². The van der Waals surface area contributed by atoms with Crippen molar-refractivity contribution in [1.29, 1.82) is 0 Å². The summed E-state index contributed by atoms with van der Waals surface area (Å²) in [4.78, 5) is 16.2. The van der Waals surface area contributed by atoms with Crippen LogP contribution < -0.4 is 32.5 Å². The average molecular weight is 236 g/mol. The predicted molar refractivity (Wildman–Crippen MR) is 64.9 cm³/mol. The molecule has 7 nitrogen and oxygen atoms in total. The van der Waals surface area contributed by atoms with Crippen molar-refractivity contribution >= 4 is 29.2 Å². The van der Waals surface area contributed by atoms with Gasteiger partial charge in [-0.15, -0.1) is 4.99 Å². The van der Waals surface area contributed by atoms with Gasteiger partial charge < -0.3 is 16.8 Å². The Hall–Kier alpha value is -2.57. The molecular formula is C10H16N6O+2. The van der Waals surface area contributed by atoms with Gasteiger partial charge in [0.2, 0.25) is 5.91 Å². The fourth-order valence-corrected chi connectivity index (χ4v) is 1.18. The summed E-state index contributed by atoms with van der Waals surface area (Å²) in [6.45, 7) is 1.45. The number of carbonyl (C=O) groups is 1. The smallest absolute Gasteiger partial charge is 0.345 e. The quantitative estimate of drug-likeness (QED) is 0.230. The molecular weight excluding hydrogens is 220 g/mol. The normalized spacial score (nSPS) is 10.8. The van der Waals surface area contributed by atoms with Gasteiger partial charge in [0.15, 0.2) is 5.69 Å². The highest BCUT2D eigenvalue weighted by atomic mass is 16.1. The summed E-state index contributed by atoms with van der Waals surface area (Å²) in [5, 5.41) is 2.65. The number of benzene rings is 1. The molecule has 0 unspecified atom stereocenters. The van der Waals surface area contributed by atoms with Crippen LogP contribution in [0.5, 0.6) is 0 Å². The molecule has 7 heteroatoms. The molecule has 1 aromatic rings. The minimum atomic E-state index is -0.121. The Morgan fingerprint density at radius 1 is 1.18 bits per heavy atom. The number of amides is 1. The molecule has 0 aromatic heterocycles. The fraction of sp³-hybridized carbons (Fsp3) is 0.100. The van der Waals surface area contributed by atoms with Gasteiger partial charge >= 0.3 is 5.96 Å². The van der Waals surface area contributed by atoms with E-state index in [1.54, 1.807) is 24.3 Å². The molecule has 1 rings (SSSR count). The third-order valence-corrected chi connectivity index (χ3v) is 1.76. The molecule has 0 spiro atoms. The third-order valence-electron chi connectivity index (χ3n) is 1.76. The molecule has 0 fully saturated rings. The molecule has 0 atom stereocenters. The number of nitrogens with two attached hydrogens (primary N) is 3. The average Bonchev–Trinajstić information content (AvgIpc) is 2.18. The Bertz CT molecular complexity index is 458. The zero-order chi connectivity index (χ0) is 12.8. The minimum Gasteiger partial charge on any atom is -0.345 e. The Balaban J connectivity index is 2.81. The van der Waals surface area contributed by atoms with Crippen molar-refractivity contribution in [1.82, 2.24) is 0 Å². The van der Waals surface area contributed by atoms with Crippen molar-refractivity contribution < 1.29 is 14.8 Å². The number of nitrogens with one attached hydrogen (secondary N) is 3. The zero-order valence-electron chi connectivity index (χ0n) is 9.45. The molecule has 0 radical (unpaired) electrons. The maximum atomic E-state index is 10.8. The predicted octanol–water partition coefficient (Wildman–Crippen LogP) is -3.97. The summed E-state index contributed by atoms with van der Waals surface area (Å²) in [7, 11) is 0. The molecule has 0 heterocycles. The van der Waals surface area contributed by atoms with Crippen LogP contribution in [-0.2, 0) is 4.79 Å². The first-order valence-electron chi connectivity index (χ1n) is 4.89. The lowest BCUT2D eigenvalue weighted by Gasteiger charge is -1.99. The van der Waals surface area contributed by atoms with Crippen LogP contribution in [-0.4, -0.2) is 17.8 Å². The van der Waals surface area contributed by atoms with Crippen LogP contribution in [0.15, 0.2) is 24.3 Å². The van der Waals surface area contributed by atoms with Gasteiger partial charge in [0.25, 0.3) is 5.96 Å². The minimum absolute atomic E-state index is 0.00451. The molecule has 0 saturated heterocycles. The number of hydrogen-bond acceptors (Lipinski definition) is 1. The second-order valence-corrected chi connectivity index (χ2v) is 3.38. The first-order valence-corrected chi connectivity index (χ1v) is 4.89. The summed E-state index contributed by atoms with van der Waals surface area (Å²) >= 11 is 0. The zero-order valence-corrected chi connectivity index (χ0v) is 9.45. The second-order valence-electron chi connectivity index (χ2n) is 3.38. The van der Waals surface area contributed by atoms with E-state index in [0.29, 0.717) is 5.69 Å². The number of guanidine groups is 2. The van der Waals surface area contributed by atoms with Gasteiger partial charge in [-0.3, -0.25) is 4.79 Å². The number of carbonyl (C=O) groups excluding carboxylic acids is 1. The Morgan fingerprint density at radius 2 is 1.76 bits per heavy atom. The van der Waals surface area contributed by atoms with Gasteiger partial charge in [-0.2, -0.15) is 4.99 Å². The van der Waals surface area contributed by atoms with Crippen LogP contribution in [0.2, 0.25) is 0 Å². The van der Waals surface area contributed by atoms with Crippen LogP contribution in [0.1, 0.15) is 6.92 Å². The first kappa shape index (κ1) is 12.5. The van der Waals surface area contributed by atoms with E-state index in [1.807, 2.05) is 0 Å². The molecule has 1 aromatic carbocycles. The maximum Gasteiger partial charge on any atom is 0.522 e. The SMILES string of the molecule is CC(=O)Nc1ccc([NH+]=C(N)[NH+]=C(N)N)cc1. The highest BCUT2D eigenvalue weighted by molar-refractivity contribution is 5.88. The van der Waals surface area contributed by atoms with E-state index >= 15 is 0 Å². The largest absolute Gasteiger partial charge is 0.522 e. The standard InChI is InChI=1S/C10H14N6O/c1-6(17)14-7-2-4-8(5-3-7)15-10(13)16-9(11)12/h2-5H,1H3,(H,14,17)(H6,11,12,13,15,16)/p+2. The topological polar surface area (TPSA) is 135 Å². The highest BCUT2D eigenvalue weighted by Crippen LogP contribution is 2.08. The van der Waals surface area contributed by atoms with Crippen molar-refractivity contribution in [3.8, 4) is 0 Å². The highest BCUT2D eigenvalue weighted by Gasteiger charge is 2.04. The van der Waals surface area contributed by atoms with E-state index in [2.05, 4.69) is 15.3 Å². The number of hydrogen-bond donors (Lipinski definition) is 6. The lowest BCUT2D eigenvalue weighted by molar-refractivity contribution is -0.459. The molecule has 0 aliphatic heterocycles. The Morgan fingerprint density at radius 3 is 2.24 bits per heavy atom. The third kappa shape index (κ3) is 4.65. The molecule has 17 heavy (non-hydrogen) atoms. The van der Waals surface area contributed by atoms with Crippen LogP contribution in [0.4, 0.5) is 11.4 Å². The number of anilines is 1. The first-order chi connectivity index (χ1) is 7.97. The van der Waals surface area contributed by atoms with Gasteiger partial charge in [-0.25, -0.2) is 5.73 Å². The Labute approximate surface area is 98.4 Å². The fourth-order valence-electron chi connectivity index (χ4n) is 1.18. The van der Waals surface area contributed by atoms with Crippen molar-refractivity contribution in [2.75, 3.05) is 5.32 Å². The molecule has 0 aliphatic rings. The summed E-state index contributed by atoms with van der Waals surface area (Å²) in [6.07, 6.45) is 0. The molecule has 9 N–H and O–H groups in total. The van der Waals surface area contributed by atoms with Crippen LogP contribution in [0.3, 0.4) is 0 Å². The Kier molecular flexibility index (Phi) is 4.04. The van der Waals surface area contributed by atoms with E-state index in [0.717, 1.165) is 5.69 Å². The molecule has 0 aliphatic carbocycles. The van der Waals surface area contributed by atoms with Gasteiger partial charge in [0.05, 0.1) is 0 Å². The molecule has 0 bridgehead atoms. The van der Waals surface area contributed by atoms with E-state index < -0.39 is 0 Å². The number of rotatable bonds is 2. The lowest BCUT2D eigenvalue weighted by atomic mass is 10.3. The summed E-state index contributed by atoms with van der Waals surface area (Å²) in [5.41, 5.74) is 17.5. The van der Waals surface area contributed by atoms with Crippen molar-refractivity contribution in [2.45, 2.75) is 6.92 Å². The maximum absolute atomic E-state index is 10.8. The van der Waals surface area contributed by atoms with Gasteiger partial charge in [0.1, 0.15) is 0 Å². The molecule has 1 amide bonds. The van der Waals surface area contributed by atoms with Crippen molar-refractivity contribution in [3.05, 3.63) is 24.3 Å². The van der Waals surface area contributed by atoms with Gasteiger partial charge in [0, 0.05) is 12.6 Å².